The van der Waals surface area contributed by atoms with Gasteiger partial charge in [-0.15, -0.1) is 0 Å². The van der Waals surface area contributed by atoms with E-state index < -0.39 is 11.9 Å². The largest absolute Gasteiger partial charge is 0.508 e. The van der Waals surface area contributed by atoms with E-state index in [1.54, 1.807) is 48.5 Å². The fraction of sp³-hybridized carbons (Fsp3) is 0.139. The fourth-order valence-corrected chi connectivity index (χ4v) is 5.65. The molecule has 43 heavy (non-hydrogen) atoms. The molecule has 0 saturated heterocycles. The Morgan fingerprint density at radius 2 is 1.19 bits per heavy atom. The minimum Gasteiger partial charge on any atom is -0.508 e. The monoisotopic (exact) mass is 574 g/mol. The molecule has 7 nitrogen and oxygen atoms in total. The molecule has 216 valence electrons. The van der Waals surface area contributed by atoms with Crippen molar-refractivity contribution in [2.24, 2.45) is 0 Å². The maximum atomic E-state index is 13.6. The number of phenolic OH excluding ortho intramolecular Hbond substituents is 5. The van der Waals surface area contributed by atoms with E-state index in [4.69, 9.17) is 4.74 Å². The van der Waals surface area contributed by atoms with Crippen molar-refractivity contribution in [1.29, 1.82) is 0 Å². The quantitative estimate of drug-likeness (QED) is 0.146. The normalized spacial score (nSPS) is 14.2. The zero-order valence-corrected chi connectivity index (χ0v) is 23.2. The van der Waals surface area contributed by atoms with E-state index in [1.807, 2.05) is 42.5 Å². The summed E-state index contributed by atoms with van der Waals surface area (Å²) < 4.78 is 6.36. The van der Waals surface area contributed by atoms with E-state index in [1.165, 1.54) is 6.07 Å². The van der Waals surface area contributed by atoms with Crippen LogP contribution in [0.25, 0.3) is 0 Å². The van der Waals surface area contributed by atoms with Crippen molar-refractivity contribution < 1.29 is 35.1 Å². The minimum atomic E-state index is -0.635. The van der Waals surface area contributed by atoms with Gasteiger partial charge in [-0.3, -0.25) is 4.79 Å². The lowest BCUT2D eigenvalue weighted by atomic mass is 9.87. The first-order valence-corrected chi connectivity index (χ1v) is 14.0. The number of hydrogen-bond donors (Lipinski definition) is 5. The molecule has 5 aromatic carbocycles. The fourth-order valence-electron chi connectivity index (χ4n) is 5.65. The summed E-state index contributed by atoms with van der Waals surface area (Å²) in [7, 11) is 0. The van der Waals surface area contributed by atoms with E-state index in [-0.39, 0.29) is 70.5 Å². The van der Waals surface area contributed by atoms with Crippen LogP contribution in [0.2, 0.25) is 0 Å². The molecule has 0 fully saturated rings. The third kappa shape index (κ3) is 5.45. The molecule has 1 atom stereocenters. The van der Waals surface area contributed by atoms with Gasteiger partial charge in [0.05, 0.1) is 6.42 Å². The minimum absolute atomic E-state index is 0.00782. The Balaban J connectivity index is 1.47. The third-order valence-electron chi connectivity index (χ3n) is 7.93. The summed E-state index contributed by atoms with van der Waals surface area (Å²) in [6.07, 6.45) is -0.296. The number of Topliss-reactive ketones (excluding diaryl/α,β-unsaturated/α-hetero) is 1. The molecule has 7 heteroatoms. The molecule has 0 spiro atoms. The predicted molar refractivity (Wildman–Crippen MR) is 161 cm³/mol. The molecule has 6 rings (SSSR count). The van der Waals surface area contributed by atoms with Gasteiger partial charge in [0.25, 0.3) is 0 Å². The van der Waals surface area contributed by atoms with Gasteiger partial charge in [0.15, 0.2) is 5.78 Å². The molecule has 0 aliphatic carbocycles. The van der Waals surface area contributed by atoms with Crippen LogP contribution < -0.4 is 4.74 Å². The molecule has 1 aliphatic rings. The third-order valence-corrected chi connectivity index (χ3v) is 7.93. The first-order valence-electron chi connectivity index (χ1n) is 14.0. The van der Waals surface area contributed by atoms with Crippen LogP contribution in [0.3, 0.4) is 0 Å². The highest BCUT2D eigenvalue weighted by Crippen LogP contribution is 2.50. The zero-order chi connectivity index (χ0) is 30.1. The summed E-state index contributed by atoms with van der Waals surface area (Å²) >= 11 is 0. The molecule has 5 aromatic rings. The number of phenols is 5. The van der Waals surface area contributed by atoms with Crippen molar-refractivity contribution in [1.82, 2.24) is 0 Å². The molecule has 1 aliphatic heterocycles. The summed E-state index contributed by atoms with van der Waals surface area (Å²) in [4.78, 5) is 13.6. The van der Waals surface area contributed by atoms with Crippen LogP contribution in [-0.4, -0.2) is 31.3 Å². The number of carbonyl (C=O) groups excluding carboxylic acids is 1. The van der Waals surface area contributed by atoms with Crippen LogP contribution in [0.1, 0.15) is 61.8 Å². The van der Waals surface area contributed by atoms with Crippen LogP contribution >= 0.6 is 0 Å². The highest BCUT2D eigenvalue weighted by molar-refractivity contribution is 6.04. The lowest BCUT2D eigenvalue weighted by Gasteiger charge is -2.30. The highest BCUT2D eigenvalue weighted by Gasteiger charge is 2.36. The van der Waals surface area contributed by atoms with Gasteiger partial charge in [-0.1, -0.05) is 78.9 Å². The molecular weight excluding hydrogens is 544 g/mol. The standard InChI is InChI=1S/C36H30O7/c37-28-12-6-4-10-23(28)16-21-14-15-30(39)25(17-21)19-27-34(41)26(18-24-11-5-7-13-29(24)38)35(42)33-31(40)20-32(43-36(27)33)22-8-2-1-3-9-22/h1-15,17,32,37-39,41-42H,16,18-20H2/t32-/m0/s1. The molecule has 0 saturated carbocycles. The van der Waals surface area contributed by atoms with Gasteiger partial charge < -0.3 is 30.3 Å². The second-order valence-corrected chi connectivity index (χ2v) is 10.8. The van der Waals surface area contributed by atoms with Crippen LogP contribution in [0.4, 0.5) is 0 Å². The molecule has 0 aromatic heterocycles. The Morgan fingerprint density at radius 1 is 0.605 bits per heavy atom. The second kappa shape index (κ2) is 11.4. The van der Waals surface area contributed by atoms with Gasteiger partial charge in [-0.05, 0) is 46.0 Å². The molecule has 5 N–H and O–H groups in total. The van der Waals surface area contributed by atoms with Gasteiger partial charge in [-0.25, -0.2) is 0 Å². The summed E-state index contributed by atoms with van der Waals surface area (Å²) in [5.41, 5.74) is 3.51. The zero-order valence-electron chi connectivity index (χ0n) is 23.2. The smallest absolute Gasteiger partial charge is 0.174 e. The Hall–Kier alpha value is -5.43. The summed E-state index contributed by atoms with van der Waals surface area (Å²) in [6.45, 7) is 0. The first kappa shape index (κ1) is 27.7. The van der Waals surface area contributed by atoms with Crippen LogP contribution in [0.15, 0.2) is 97.1 Å². The summed E-state index contributed by atoms with van der Waals surface area (Å²) in [5, 5.41) is 54.6. The summed E-state index contributed by atoms with van der Waals surface area (Å²) in [5.74, 6) is -0.834. The number of benzene rings is 5. The average Bonchev–Trinajstić information content (AvgIpc) is 3.01. The lowest BCUT2D eigenvalue weighted by Crippen LogP contribution is -2.22. The topological polar surface area (TPSA) is 127 Å². The van der Waals surface area contributed by atoms with Crippen molar-refractivity contribution in [3.05, 3.63) is 142 Å². The number of carbonyl (C=O) groups is 1. The Bertz CT molecular complexity index is 1830. The number of ketones is 1. The average molecular weight is 575 g/mol. The van der Waals surface area contributed by atoms with Crippen molar-refractivity contribution in [3.8, 4) is 34.5 Å². The van der Waals surface area contributed by atoms with Gasteiger partial charge in [0, 0.05) is 30.4 Å². The Kier molecular flexibility index (Phi) is 7.38. The first-order chi connectivity index (χ1) is 20.8. The van der Waals surface area contributed by atoms with E-state index >= 15 is 0 Å². The predicted octanol–water partition coefficient (Wildman–Crippen LogP) is 6.69. The van der Waals surface area contributed by atoms with Crippen molar-refractivity contribution in [3.63, 3.8) is 0 Å². The molecule has 0 radical (unpaired) electrons. The van der Waals surface area contributed by atoms with Crippen LogP contribution in [0.5, 0.6) is 34.5 Å². The van der Waals surface area contributed by atoms with E-state index in [0.717, 1.165) is 11.1 Å². The van der Waals surface area contributed by atoms with E-state index in [2.05, 4.69) is 0 Å². The number of hydrogen-bond acceptors (Lipinski definition) is 7. The van der Waals surface area contributed by atoms with Gasteiger partial charge in [0.1, 0.15) is 46.2 Å². The maximum absolute atomic E-state index is 13.6. The number of ether oxygens (including phenoxy) is 1. The van der Waals surface area contributed by atoms with Gasteiger partial charge in [0.2, 0.25) is 0 Å². The molecule has 0 unspecified atom stereocenters. The number of fused-ring (bicyclic) bond motifs is 1. The van der Waals surface area contributed by atoms with Crippen molar-refractivity contribution >= 4 is 5.78 Å². The second-order valence-electron chi connectivity index (χ2n) is 10.8. The van der Waals surface area contributed by atoms with E-state index in [0.29, 0.717) is 23.1 Å². The highest BCUT2D eigenvalue weighted by atomic mass is 16.5. The summed E-state index contributed by atoms with van der Waals surface area (Å²) in [6, 6.07) is 27.9. The number of para-hydroxylation sites is 2. The van der Waals surface area contributed by atoms with Crippen LogP contribution in [0, 0.1) is 0 Å². The van der Waals surface area contributed by atoms with Crippen molar-refractivity contribution in [2.75, 3.05) is 0 Å². The SMILES string of the molecule is O=C1C[C@@H](c2ccccc2)Oc2c(Cc3cc(Cc4ccccc4O)ccc3O)c(O)c(Cc3ccccc3O)c(O)c21. The Labute approximate surface area is 248 Å². The van der Waals surface area contributed by atoms with Crippen LogP contribution in [-0.2, 0) is 19.3 Å². The van der Waals surface area contributed by atoms with E-state index in [9.17, 15) is 30.3 Å². The molecule has 0 bridgehead atoms. The molecular formula is C36H30O7. The molecule has 0 amide bonds. The lowest BCUT2D eigenvalue weighted by molar-refractivity contribution is 0.0842. The van der Waals surface area contributed by atoms with Gasteiger partial charge >= 0.3 is 0 Å². The van der Waals surface area contributed by atoms with Gasteiger partial charge in [-0.2, -0.15) is 0 Å². The Morgan fingerprint density at radius 3 is 1.86 bits per heavy atom. The number of aromatic hydroxyl groups is 5. The maximum Gasteiger partial charge on any atom is 0.174 e. The molecule has 1 heterocycles. The van der Waals surface area contributed by atoms with Crippen molar-refractivity contribution in [2.45, 2.75) is 31.8 Å². The number of rotatable bonds is 7.